The van der Waals surface area contributed by atoms with Crippen LogP contribution in [0.3, 0.4) is 0 Å². The van der Waals surface area contributed by atoms with Crippen molar-refractivity contribution < 1.29 is 24.3 Å². The van der Waals surface area contributed by atoms with Crippen molar-refractivity contribution in [2.45, 2.75) is 19.9 Å². The number of nitro groups is 1. The number of phenolic OH excluding ortho intramolecular Hbond substituents is 1. The highest BCUT2D eigenvalue weighted by molar-refractivity contribution is 9.10. The number of methoxy groups -OCH3 is 1. The lowest BCUT2D eigenvalue weighted by Crippen LogP contribution is -2.40. The van der Waals surface area contributed by atoms with E-state index in [1.54, 1.807) is 32.0 Å². The summed E-state index contributed by atoms with van der Waals surface area (Å²) >= 11 is 7.61. The molecule has 1 aliphatic heterocycles. The van der Waals surface area contributed by atoms with Crippen LogP contribution < -0.4 is 19.6 Å². The number of non-ortho nitro benzene ring substituents is 1. The molecule has 4 rings (SSSR count). The van der Waals surface area contributed by atoms with Crippen molar-refractivity contribution >= 4 is 60.9 Å². The number of carbonyl (C=O) groups is 1. The molecule has 0 amide bonds. The molecule has 1 aromatic heterocycles. The molecule has 2 heterocycles. The van der Waals surface area contributed by atoms with E-state index in [0.717, 1.165) is 11.3 Å². The Morgan fingerprint density at radius 3 is 2.65 bits per heavy atom. The molecule has 0 unspecified atom stereocenters. The maximum Gasteiger partial charge on any atom is 0.338 e. The maximum atomic E-state index is 13.7. The van der Waals surface area contributed by atoms with Gasteiger partial charge in [-0.15, -0.1) is 0 Å². The Morgan fingerprint density at radius 1 is 1.30 bits per heavy atom. The molecular weight excluding hydrogens is 634 g/mol. The van der Waals surface area contributed by atoms with E-state index in [4.69, 9.17) is 9.47 Å². The van der Waals surface area contributed by atoms with Crippen molar-refractivity contribution in [3.8, 4) is 11.5 Å². The van der Waals surface area contributed by atoms with Crippen LogP contribution in [0.1, 0.15) is 31.0 Å². The summed E-state index contributed by atoms with van der Waals surface area (Å²) in [5.41, 5.74) is 0.542. The summed E-state index contributed by atoms with van der Waals surface area (Å²) in [5.74, 6) is -0.285. The van der Waals surface area contributed by atoms with Gasteiger partial charge in [0.15, 0.2) is 4.80 Å². The number of aromatic hydroxyl groups is 1. The molecule has 0 radical (unpaired) electrons. The second kappa shape index (κ2) is 10.6. The van der Waals surface area contributed by atoms with Gasteiger partial charge < -0.3 is 14.6 Å². The molecule has 3 aromatic rings. The second-order valence-electron chi connectivity index (χ2n) is 7.82. The number of allylic oxidation sites excluding steroid dienone is 1. The number of nitro benzene ring substituents is 1. The van der Waals surface area contributed by atoms with Crippen molar-refractivity contribution in [2.24, 2.45) is 4.99 Å². The van der Waals surface area contributed by atoms with Crippen LogP contribution >= 0.6 is 43.2 Å². The molecule has 1 aliphatic rings. The lowest BCUT2D eigenvalue weighted by molar-refractivity contribution is -0.385. The van der Waals surface area contributed by atoms with Gasteiger partial charge in [-0.1, -0.05) is 17.4 Å². The zero-order valence-corrected chi connectivity index (χ0v) is 23.6. The Balaban J connectivity index is 1.99. The fourth-order valence-electron chi connectivity index (χ4n) is 3.92. The molecule has 0 spiro atoms. The Hall–Kier alpha value is -3.29. The molecule has 2 aromatic carbocycles. The number of rotatable bonds is 6. The van der Waals surface area contributed by atoms with Gasteiger partial charge in [-0.2, -0.15) is 0 Å². The van der Waals surface area contributed by atoms with Crippen LogP contribution in [0.15, 0.2) is 60.3 Å². The molecule has 0 fully saturated rings. The van der Waals surface area contributed by atoms with E-state index in [0.29, 0.717) is 26.3 Å². The molecular formula is C24H19Br2N3O7S. The number of nitrogens with zero attached hydrogens (tertiary/aromatic N) is 3. The third-order valence-corrected chi connectivity index (χ3v) is 7.79. The predicted octanol–water partition coefficient (Wildman–Crippen LogP) is 3.95. The minimum atomic E-state index is -0.856. The quantitative estimate of drug-likeness (QED) is 0.242. The van der Waals surface area contributed by atoms with Gasteiger partial charge in [0.1, 0.15) is 11.5 Å². The van der Waals surface area contributed by atoms with Gasteiger partial charge in [-0.05, 0) is 69.5 Å². The Labute approximate surface area is 230 Å². The SMILES string of the molecule is CCOC(=O)C1=C(C)N=c2s/c(=C/c3cc([N+](=O)[O-])cc(Br)c3O)c(=O)n2[C@@H]1c1ccc(OC)c(Br)c1. The van der Waals surface area contributed by atoms with Gasteiger partial charge in [-0.3, -0.25) is 19.5 Å². The zero-order chi connectivity index (χ0) is 27.0. The number of ether oxygens (including phenoxy) is 2. The van der Waals surface area contributed by atoms with Gasteiger partial charge in [0, 0.05) is 17.7 Å². The van der Waals surface area contributed by atoms with Crippen LogP contribution in [0.5, 0.6) is 11.5 Å². The molecule has 0 saturated heterocycles. The van der Waals surface area contributed by atoms with Gasteiger partial charge in [0.2, 0.25) is 0 Å². The van der Waals surface area contributed by atoms with Crippen LogP contribution in [0, 0.1) is 10.1 Å². The van der Waals surface area contributed by atoms with Gasteiger partial charge >= 0.3 is 5.97 Å². The molecule has 1 N–H and O–H groups in total. The van der Waals surface area contributed by atoms with Crippen molar-refractivity contribution in [1.29, 1.82) is 0 Å². The van der Waals surface area contributed by atoms with Gasteiger partial charge in [-0.25, -0.2) is 9.79 Å². The van der Waals surface area contributed by atoms with E-state index < -0.39 is 22.5 Å². The van der Waals surface area contributed by atoms with E-state index in [1.807, 2.05) is 0 Å². The Morgan fingerprint density at radius 2 is 2.03 bits per heavy atom. The standard InChI is InChI=1S/C24H19Br2N3O7S/c1-4-36-23(32)19-11(2)27-24-28(20(19)12-5-6-17(35-3)15(25)8-12)22(31)18(37-24)9-13-7-14(29(33)34)10-16(26)21(13)30/h5-10,20,30H,4H2,1-3H3/b18-9+/t20-/m1/s1. The summed E-state index contributed by atoms with van der Waals surface area (Å²) in [6.45, 7) is 3.49. The molecule has 13 heteroatoms. The largest absolute Gasteiger partial charge is 0.506 e. The minimum absolute atomic E-state index is 0.0800. The Kier molecular flexibility index (Phi) is 7.67. The van der Waals surface area contributed by atoms with Crippen molar-refractivity contribution in [2.75, 3.05) is 13.7 Å². The van der Waals surface area contributed by atoms with E-state index in [1.165, 1.54) is 29.9 Å². The summed E-state index contributed by atoms with van der Waals surface area (Å²) in [4.78, 5) is 42.2. The Bertz CT molecular complexity index is 1660. The van der Waals surface area contributed by atoms with Crippen LogP contribution in [-0.2, 0) is 9.53 Å². The fourth-order valence-corrected chi connectivity index (χ4v) is 5.98. The monoisotopic (exact) mass is 651 g/mol. The lowest BCUT2D eigenvalue weighted by Gasteiger charge is -2.25. The first-order valence-electron chi connectivity index (χ1n) is 10.8. The molecule has 0 aliphatic carbocycles. The third kappa shape index (κ3) is 4.98. The average molecular weight is 653 g/mol. The van der Waals surface area contributed by atoms with E-state index in [-0.39, 0.29) is 38.2 Å². The van der Waals surface area contributed by atoms with E-state index >= 15 is 0 Å². The summed E-state index contributed by atoms with van der Waals surface area (Å²) < 4.78 is 12.9. The number of carbonyl (C=O) groups excluding carboxylic acids is 1. The summed E-state index contributed by atoms with van der Waals surface area (Å²) in [5, 5.41) is 21.8. The molecule has 0 bridgehead atoms. The number of fused-ring (bicyclic) bond motifs is 1. The molecule has 1 atom stereocenters. The summed E-state index contributed by atoms with van der Waals surface area (Å²) in [6.07, 6.45) is 1.36. The molecule has 37 heavy (non-hydrogen) atoms. The summed E-state index contributed by atoms with van der Waals surface area (Å²) in [6, 6.07) is 6.70. The van der Waals surface area contributed by atoms with Crippen molar-refractivity contribution in [3.63, 3.8) is 0 Å². The van der Waals surface area contributed by atoms with Crippen LogP contribution in [0.25, 0.3) is 6.08 Å². The minimum Gasteiger partial charge on any atom is -0.506 e. The first kappa shape index (κ1) is 26.8. The van der Waals surface area contributed by atoms with Gasteiger partial charge in [0.25, 0.3) is 11.2 Å². The van der Waals surface area contributed by atoms with E-state index in [2.05, 4.69) is 36.9 Å². The second-order valence-corrected chi connectivity index (χ2v) is 10.5. The zero-order valence-electron chi connectivity index (χ0n) is 19.7. The number of esters is 1. The highest BCUT2D eigenvalue weighted by Gasteiger charge is 2.33. The average Bonchev–Trinajstić information content (AvgIpc) is 3.15. The number of aromatic nitrogens is 1. The third-order valence-electron chi connectivity index (χ3n) is 5.58. The van der Waals surface area contributed by atoms with E-state index in [9.17, 15) is 24.8 Å². The van der Waals surface area contributed by atoms with Gasteiger partial charge in [0.05, 0.1) is 49.4 Å². The molecule has 10 nitrogen and oxygen atoms in total. The normalized spacial score (nSPS) is 15.3. The lowest BCUT2D eigenvalue weighted by atomic mass is 9.96. The first-order valence-corrected chi connectivity index (χ1v) is 13.2. The fraction of sp³-hybridized carbons (Fsp3) is 0.208. The highest BCUT2D eigenvalue weighted by Crippen LogP contribution is 2.35. The maximum absolute atomic E-state index is 13.7. The number of phenols is 1. The predicted molar refractivity (Wildman–Crippen MR) is 144 cm³/mol. The number of benzene rings is 2. The smallest absolute Gasteiger partial charge is 0.338 e. The van der Waals surface area contributed by atoms with Crippen molar-refractivity contribution in [1.82, 2.24) is 4.57 Å². The highest BCUT2D eigenvalue weighted by atomic mass is 79.9. The van der Waals surface area contributed by atoms with Crippen LogP contribution in [-0.4, -0.2) is 34.3 Å². The summed E-state index contributed by atoms with van der Waals surface area (Å²) in [7, 11) is 1.53. The topological polar surface area (TPSA) is 133 Å². The number of halogens is 2. The molecule has 192 valence electrons. The number of thiazole rings is 1. The first-order chi connectivity index (χ1) is 17.6. The number of hydrogen-bond donors (Lipinski definition) is 1. The van der Waals surface area contributed by atoms with Crippen molar-refractivity contribution in [3.05, 3.63) is 91.5 Å². The van der Waals surface area contributed by atoms with Crippen LogP contribution in [0.4, 0.5) is 5.69 Å². The number of hydrogen-bond acceptors (Lipinski definition) is 9. The molecule has 0 saturated carbocycles. The van der Waals surface area contributed by atoms with Crippen LogP contribution in [0.2, 0.25) is 0 Å².